The minimum atomic E-state index is -1.17. The molecule has 2 aliphatic heterocycles. The number of nitrogens with zero attached hydrogens (tertiary/aromatic N) is 5. The highest BCUT2D eigenvalue weighted by molar-refractivity contribution is 8.30. The maximum Gasteiger partial charge on any atom is 0.323 e. The number of nitriles is 2. The van der Waals surface area contributed by atoms with E-state index in [1.807, 2.05) is 6.08 Å². The first-order chi connectivity index (χ1) is 18.2. The predicted octanol–water partition coefficient (Wildman–Crippen LogP) is 2.76. The quantitative estimate of drug-likeness (QED) is 0.486. The molecule has 2 aromatic rings. The Morgan fingerprint density at radius 2 is 1.82 bits per heavy atom. The van der Waals surface area contributed by atoms with Crippen molar-refractivity contribution < 1.29 is 14.7 Å². The van der Waals surface area contributed by atoms with Crippen molar-refractivity contribution in [2.24, 2.45) is 0 Å². The number of amides is 1. The Hall–Kier alpha value is -3.36. The second-order valence-electron chi connectivity index (χ2n) is 8.17. The van der Waals surface area contributed by atoms with Crippen LogP contribution in [0, 0.1) is 22.7 Å². The minimum Gasteiger partial charge on any atom is -0.480 e. The molecule has 0 radical (unpaired) electrons. The predicted molar refractivity (Wildman–Crippen MR) is 153 cm³/mol. The summed E-state index contributed by atoms with van der Waals surface area (Å²) in [6.07, 6.45) is 5.43. The van der Waals surface area contributed by atoms with Gasteiger partial charge >= 0.3 is 5.97 Å². The van der Waals surface area contributed by atoms with Gasteiger partial charge in [0.25, 0.3) is 11.5 Å². The van der Waals surface area contributed by atoms with Crippen LogP contribution in [-0.2, 0) is 16.1 Å². The van der Waals surface area contributed by atoms with Gasteiger partial charge in [-0.25, -0.2) is 0 Å². The van der Waals surface area contributed by atoms with Gasteiger partial charge in [-0.1, -0.05) is 49.1 Å². The van der Waals surface area contributed by atoms with E-state index in [1.165, 1.54) is 16.3 Å². The smallest absolute Gasteiger partial charge is 0.323 e. The first kappa shape index (κ1) is 27.7. The van der Waals surface area contributed by atoms with Crippen molar-refractivity contribution in [3.05, 3.63) is 53.9 Å². The first-order valence-corrected chi connectivity index (χ1v) is 14.4. The minimum absolute atomic E-state index is 0.142. The number of hydrogen-bond donors (Lipinski definition) is 1. The lowest BCUT2D eigenvalue weighted by atomic mass is 10.1. The van der Waals surface area contributed by atoms with E-state index >= 15 is 0 Å². The zero-order valence-corrected chi connectivity index (χ0v) is 23.7. The lowest BCUT2D eigenvalue weighted by Crippen LogP contribution is -2.35. The zero-order valence-electron chi connectivity index (χ0n) is 20.4. The number of allylic oxidation sites excluding steroid dienone is 1. The Labute approximate surface area is 236 Å². The molecule has 0 spiro atoms. The topological polar surface area (TPSA) is 130 Å². The fourth-order valence-corrected chi connectivity index (χ4v) is 7.57. The molecule has 1 aromatic heterocycles. The molecular weight excluding hydrogens is 563 g/mol. The van der Waals surface area contributed by atoms with Crippen molar-refractivity contribution in [1.82, 2.24) is 9.47 Å². The number of carboxylic acids is 1. The highest BCUT2D eigenvalue weighted by Gasteiger charge is 2.35. The molecule has 9 nitrogen and oxygen atoms in total. The normalized spacial score (nSPS) is 17.8. The molecule has 0 saturated carbocycles. The van der Waals surface area contributed by atoms with E-state index < -0.39 is 18.4 Å². The SMILES string of the molecule is CCCCN1/C(=C/C=c2/s/c(=C3\SC(=S)N(CC(=O)O)C3=O)n(CC)c2=O)Sc2cc(C#N)c(C#N)cc21. The number of hydrogen-bond acceptors (Lipinski definition) is 10. The third-order valence-electron chi connectivity index (χ3n) is 5.78. The summed E-state index contributed by atoms with van der Waals surface area (Å²) in [5, 5.41) is 28.9. The number of thiocarbonyl (C=S) groups is 1. The van der Waals surface area contributed by atoms with Gasteiger partial charge < -0.3 is 10.0 Å². The van der Waals surface area contributed by atoms with Crippen LogP contribution in [0.4, 0.5) is 5.69 Å². The number of aromatic nitrogens is 1. The largest absolute Gasteiger partial charge is 0.480 e. The summed E-state index contributed by atoms with van der Waals surface area (Å²) in [5.41, 5.74) is 1.23. The number of thioether (sulfide) groups is 2. The van der Waals surface area contributed by atoms with Crippen LogP contribution in [0.5, 0.6) is 0 Å². The van der Waals surface area contributed by atoms with Crippen LogP contribution in [-0.4, -0.2) is 43.9 Å². The molecule has 1 saturated heterocycles. The molecular formula is C25H21N5O4S4. The van der Waals surface area contributed by atoms with Crippen molar-refractivity contribution in [2.45, 2.75) is 38.1 Å². The second-order valence-corrected chi connectivity index (χ2v) is 11.9. The highest BCUT2D eigenvalue weighted by atomic mass is 32.2. The number of carboxylic acid groups (broad SMARTS) is 1. The van der Waals surface area contributed by atoms with Crippen LogP contribution in [0.25, 0.3) is 11.0 Å². The number of fused-ring (bicyclic) bond motifs is 1. The second kappa shape index (κ2) is 11.6. The molecule has 194 valence electrons. The summed E-state index contributed by atoms with van der Waals surface area (Å²) in [5.74, 6) is -1.70. The molecule has 1 fully saturated rings. The van der Waals surface area contributed by atoms with Crippen molar-refractivity contribution in [3.63, 3.8) is 0 Å². The van der Waals surface area contributed by atoms with Crippen molar-refractivity contribution in [1.29, 1.82) is 10.5 Å². The van der Waals surface area contributed by atoms with Gasteiger partial charge in [-0.15, -0.1) is 11.3 Å². The van der Waals surface area contributed by atoms with Crippen LogP contribution < -0.4 is 19.7 Å². The van der Waals surface area contributed by atoms with E-state index in [0.717, 1.165) is 56.5 Å². The van der Waals surface area contributed by atoms with E-state index in [4.69, 9.17) is 17.3 Å². The Balaban J connectivity index is 1.80. The number of benzene rings is 1. The summed E-state index contributed by atoms with van der Waals surface area (Å²) in [6.45, 7) is 4.39. The van der Waals surface area contributed by atoms with Crippen molar-refractivity contribution in [3.8, 4) is 12.1 Å². The number of unbranched alkanes of at least 4 members (excludes halogenated alkanes) is 1. The fraction of sp³-hybridized carbons (Fsp3) is 0.280. The van der Waals surface area contributed by atoms with Crippen LogP contribution in [0.15, 0.2) is 32.9 Å². The standard InChI is InChI=1S/C25H21N5O4S4/c1-3-5-8-29-16-9-14(11-26)15(12-27)10-18(16)36-19(29)7-6-17-22(33)28(4-2)24(37-17)21-23(34)30(13-20(31)32)25(35)38-21/h6-7,9-10H,3-5,8,13H2,1-2H3,(H,31,32)/b17-6+,19-7-,24-21-. The van der Waals surface area contributed by atoms with Crippen molar-refractivity contribution >= 4 is 79.9 Å². The van der Waals surface area contributed by atoms with Gasteiger partial charge in [-0.2, -0.15) is 10.5 Å². The zero-order chi connectivity index (χ0) is 27.6. The molecule has 13 heteroatoms. The Morgan fingerprint density at radius 1 is 1.11 bits per heavy atom. The monoisotopic (exact) mass is 583 g/mol. The third kappa shape index (κ3) is 5.15. The number of anilines is 1. The molecule has 0 aliphatic carbocycles. The van der Waals surface area contributed by atoms with Gasteiger partial charge in [0.2, 0.25) is 0 Å². The molecule has 0 unspecified atom stereocenters. The average Bonchev–Trinajstić information content (AvgIpc) is 3.50. The molecule has 0 atom stereocenters. The maximum absolute atomic E-state index is 13.2. The number of rotatable bonds is 7. The Kier molecular flexibility index (Phi) is 8.43. The van der Waals surface area contributed by atoms with Gasteiger partial charge in [0.05, 0.1) is 26.4 Å². The number of thiazole rings is 1. The van der Waals surface area contributed by atoms with Gasteiger partial charge in [0, 0.05) is 18.0 Å². The van der Waals surface area contributed by atoms with E-state index in [-0.39, 0.29) is 14.8 Å². The molecule has 4 rings (SSSR count). The number of carbonyl (C=O) groups excluding carboxylic acids is 1. The van der Waals surface area contributed by atoms with Crippen LogP contribution in [0.1, 0.15) is 37.8 Å². The van der Waals surface area contributed by atoms with E-state index in [0.29, 0.717) is 33.4 Å². The Morgan fingerprint density at radius 3 is 2.45 bits per heavy atom. The molecule has 38 heavy (non-hydrogen) atoms. The van der Waals surface area contributed by atoms with Crippen molar-refractivity contribution in [2.75, 3.05) is 18.0 Å². The Bertz CT molecular complexity index is 1660. The highest BCUT2D eigenvalue weighted by Crippen LogP contribution is 2.47. The summed E-state index contributed by atoms with van der Waals surface area (Å²) in [4.78, 5) is 41.5. The van der Waals surface area contributed by atoms with Crippen LogP contribution >= 0.6 is 47.1 Å². The summed E-state index contributed by atoms with van der Waals surface area (Å²) in [7, 11) is 0. The van der Waals surface area contributed by atoms with Gasteiger partial charge in [-0.3, -0.25) is 23.9 Å². The number of aliphatic carboxylic acids is 1. The fourth-order valence-electron chi connectivity index (χ4n) is 3.94. The van der Waals surface area contributed by atoms with Gasteiger partial charge in [0.15, 0.2) is 0 Å². The van der Waals surface area contributed by atoms with E-state index in [2.05, 4.69) is 24.0 Å². The molecule has 1 aromatic carbocycles. The van der Waals surface area contributed by atoms with Crippen LogP contribution in [0.3, 0.4) is 0 Å². The third-order valence-corrected chi connectivity index (χ3v) is 9.61. The van der Waals surface area contributed by atoms with Gasteiger partial charge in [0.1, 0.15) is 32.6 Å². The molecule has 2 aliphatic rings. The molecule has 3 heterocycles. The number of carbonyl (C=O) groups is 2. The lowest BCUT2D eigenvalue weighted by Gasteiger charge is -2.20. The first-order valence-electron chi connectivity index (χ1n) is 11.6. The van der Waals surface area contributed by atoms with Crippen LogP contribution in [0.2, 0.25) is 0 Å². The summed E-state index contributed by atoms with van der Waals surface area (Å²) < 4.78 is 2.49. The molecule has 1 amide bonds. The van der Waals surface area contributed by atoms with E-state index in [9.17, 15) is 24.9 Å². The average molecular weight is 584 g/mol. The van der Waals surface area contributed by atoms with Gasteiger partial charge in [-0.05, 0) is 37.6 Å². The van der Waals surface area contributed by atoms with E-state index in [1.54, 1.807) is 25.1 Å². The molecule has 1 N–H and O–H groups in total. The lowest BCUT2D eigenvalue weighted by molar-refractivity contribution is -0.140. The molecule has 0 bridgehead atoms. The summed E-state index contributed by atoms with van der Waals surface area (Å²) in [6, 6.07) is 7.62. The maximum atomic E-state index is 13.2. The summed E-state index contributed by atoms with van der Waals surface area (Å²) >= 11 is 8.83.